The van der Waals surface area contributed by atoms with Gasteiger partial charge in [-0.25, -0.2) is 9.18 Å². The Balaban J connectivity index is 2.51. The maximum atomic E-state index is 13.2. The Bertz CT molecular complexity index is 501. The van der Waals surface area contributed by atoms with Crippen molar-refractivity contribution < 1.29 is 19.4 Å². The predicted octanol–water partition coefficient (Wildman–Crippen LogP) is 1.91. The van der Waals surface area contributed by atoms with Crippen LogP contribution >= 0.6 is 11.6 Å². The van der Waals surface area contributed by atoms with Crippen LogP contribution < -0.4 is 5.32 Å². The number of aliphatic hydroxyl groups is 1. The largest absolute Gasteiger partial charge is 0.478 e. The lowest BCUT2D eigenvalue weighted by Gasteiger charge is -2.21. The maximum Gasteiger partial charge on any atom is 0.336 e. The maximum absolute atomic E-state index is 13.2. The summed E-state index contributed by atoms with van der Waals surface area (Å²) in [7, 11) is 0. The molecule has 2 rings (SSSR count). The van der Waals surface area contributed by atoms with Crippen LogP contribution in [0.2, 0.25) is 5.02 Å². The van der Waals surface area contributed by atoms with E-state index in [4.69, 9.17) is 16.7 Å². The van der Waals surface area contributed by atoms with Gasteiger partial charge in [0.05, 0.1) is 10.6 Å². The molecule has 4 nitrogen and oxygen atoms in total. The molecular formula is C10H7ClFNO3. The molecule has 1 aromatic carbocycles. The van der Waals surface area contributed by atoms with Gasteiger partial charge in [0.15, 0.2) is 0 Å². The molecule has 6 heteroatoms. The van der Waals surface area contributed by atoms with Crippen molar-refractivity contribution in [3.8, 4) is 0 Å². The minimum atomic E-state index is -1.36. The summed E-state index contributed by atoms with van der Waals surface area (Å²) in [5.41, 5.74) is 0.305. The van der Waals surface area contributed by atoms with Crippen molar-refractivity contribution in [3.63, 3.8) is 0 Å². The molecule has 3 N–H and O–H groups in total. The number of carboxylic acids is 1. The van der Waals surface area contributed by atoms with Crippen LogP contribution in [0.15, 0.2) is 23.9 Å². The van der Waals surface area contributed by atoms with Crippen molar-refractivity contribution >= 4 is 23.3 Å². The Morgan fingerprint density at radius 2 is 2.19 bits per heavy atom. The molecule has 0 amide bonds. The summed E-state index contributed by atoms with van der Waals surface area (Å²) in [6.07, 6.45) is -0.204. The van der Waals surface area contributed by atoms with E-state index in [9.17, 15) is 14.3 Å². The number of aliphatic hydroxyl groups excluding tert-OH is 1. The summed E-state index contributed by atoms with van der Waals surface area (Å²) >= 11 is 5.56. The van der Waals surface area contributed by atoms with Crippen LogP contribution in [0.25, 0.3) is 0 Å². The third-order valence-electron chi connectivity index (χ3n) is 2.31. The molecule has 0 bridgehead atoms. The Kier molecular flexibility index (Phi) is 2.57. The van der Waals surface area contributed by atoms with E-state index in [-0.39, 0.29) is 16.2 Å². The Morgan fingerprint density at radius 1 is 1.50 bits per heavy atom. The molecule has 0 radical (unpaired) electrons. The third kappa shape index (κ3) is 1.64. The first kappa shape index (κ1) is 10.9. The van der Waals surface area contributed by atoms with Crippen LogP contribution in [0.5, 0.6) is 0 Å². The Hall–Kier alpha value is -1.59. The lowest BCUT2D eigenvalue weighted by atomic mass is 9.97. The van der Waals surface area contributed by atoms with E-state index in [0.29, 0.717) is 5.69 Å². The number of fused-ring (bicyclic) bond motifs is 1. The predicted molar refractivity (Wildman–Crippen MR) is 55.7 cm³/mol. The summed E-state index contributed by atoms with van der Waals surface area (Å²) in [4.78, 5) is 10.7. The van der Waals surface area contributed by atoms with Crippen molar-refractivity contribution in [1.82, 2.24) is 0 Å². The molecule has 1 heterocycles. The first-order valence-corrected chi connectivity index (χ1v) is 4.75. The molecule has 0 saturated carbocycles. The first-order valence-electron chi connectivity index (χ1n) is 4.37. The first-order chi connectivity index (χ1) is 7.50. The summed E-state index contributed by atoms with van der Waals surface area (Å²) < 4.78 is 13.2. The molecule has 1 aliphatic heterocycles. The highest BCUT2D eigenvalue weighted by Gasteiger charge is 2.27. The Labute approximate surface area is 95.0 Å². The fraction of sp³-hybridized carbons (Fsp3) is 0.100. The zero-order chi connectivity index (χ0) is 11.9. The third-order valence-corrected chi connectivity index (χ3v) is 2.60. The fourth-order valence-corrected chi connectivity index (χ4v) is 1.66. The molecular weight excluding hydrogens is 237 g/mol. The smallest absolute Gasteiger partial charge is 0.336 e. The number of aliphatic carboxylic acids is 1. The van der Waals surface area contributed by atoms with Crippen LogP contribution in [0.1, 0.15) is 11.7 Å². The molecule has 0 fully saturated rings. The van der Waals surface area contributed by atoms with Crippen LogP contribution in [0, 0.1) is 5.82 Å². The standard InChI is InChI=1S/C10H7ClFNO3/c11-6-2-8-4(1-7(6)12)9(14)5(3-13-8)10(15)16/h1-3,9,13-14H,(H,15,16). The van der Waals surface area contributed by atoms with Crippen LogP contribution in [-0.4, -0.2) is 16.2 Å². The second-order valence-corrected chi connectivity index (χ2v) is 3.71. The van der Waals surface area contributed by atoms with Gasteiger partial charge in [-0.1, -0.05) is 11.6 Å². The lowest BCUT2D eigenvalue weighted by molar-refractivity contribution is -0.133. The molecule has 0 aliphatic carbocycles. The van der Waals surface area contributed by atoms with Gasteiger partial charge in [-0.15, -0.1) is 0 Å². The van der Waals surface area contributed by atoms with E-state index in [1.165, 1.54) is 6.07 Å². The van der Waals surface area contributed by atoms with E-state index in [1.54, 1.807) is 0 Å². The average molecular weight is 244 g/mol. The van der Waals surface area contributed by atoms with E-state index in [1.807, 2.05) is 0 Å². The minimum absolute atomic E-state index is 0.0920. The van der Waals surface area contributed by atoms with Crippen LogP contribution in [0.3, 0.4) is 0 Å². The van der Waals surface area contributed by atoms with Gasteiger partial charge in [-0.05, 0) is 12.1 Å². The van der Waals surface area contributed by atoms with Gasteiger partial charge >= 0.3 is 5.97 Å². The lowest BCUT2D eigenvalue weighted by Crippen LogP contribution is -2.18. The van der Waals surface area contributed by atoms with Gasteiger partial charge in [0.25, 0.3) is 0 Å². The van der Waals surface area contributed by atoms with Gasteiger partial charge < -0.3 is 15.5 Å². The van der Waals surface area contributed by atoms with Gasteiger partial charge in [-0.3, -0.25) is 0 Å². The van der Waals surface area contributed by atoms with Crippen molar-refractivity contribution in [3.05, 3.63) is 40.3 Å². The van der Waals surface area contributed by atoms with E-state index >= 15 is 0 Å². The quantitative estimate of drug-likeness (QED) is 0.705. The van der Waals surface area contributed by atoms with Crippen LogP contribution in [-0.2, 0) is 4.79 Å². The Morgan fingerprint density at radius 3 is 2.81 bits per heavy atom. The van der Waals surface area contributed by atoms with Crippen molar-refractivity contribution in [1.29, 1.82) is 0 Å². The highest BCUT2D eigenvalue weighted by Crippen LogP contribution is 2.35. The highest BCUT2D eigenvalue weighted by atomic mass is 35.5. The highest BCUT2D eigenvalue weighted by molar-refractivity contribution is 6.31. The minimum Gasteiger partial charge on any atom is -0.478 e. The number of hydrogen-bond donors (Lipinski definition) is 3. The van der Waals surface area contributed by atoms with Gasteiger partial charge in [0.2, 0.25) is 0 Å². The monoisotopic (exact) mass is 243 g/mol. The van der Waals surface area contributed by atoms with Crippen LogP contribution in [0.4, 0.5) is 10.1 Å². The number of hydrogen-bond acceptors (Lipinski definition) is 3. The number of anilines is 1. The summed E-state index contributed by atoms with van der Waals surface area (Å²) in [6.45, 7) is 0. The summed E-state index contributed by atoms with van der Waals surface area (Å²) in [5, 5.41) is 21.0. The normalized spacial score (nSPS) is 18.4. The van der Waals surface area contributed by atoms with Crippen molar-refractivity contribution in [2.75, 3.05) is 5.32 Å². The molecule has 0 saturated heterocycles. The molecule has 1 unspecified atom stereocenters. The fourth-order valence-electron chi connectivity index (χ4n) is 1.49. The van der Waals surface area contributed by atoms with E-state index in [2.05, 4.69) is 5.32 Å². The number of carbonyl (C=O) groups is 1. The molecule has 0 spiro atoms. The number of halogens is 2. The average Bonchev–Trinajstić information content (AvgIpc) is 2.21. The second kappa shape index (κ2) is 3.77. The van der Waals surface area contributed by atoms with E-state index < -0.39 is 17.9 Å². The van der Waals surface area contributed by atoms with E-state index in [0.717, 1.165) is 12.3 Å². The number of benzene rings is 1. The van der Waals surface area contributed by atoms with Gasteiger partial charge in [0, 0.05) is 17.5 Å². The van der Waals surface area contributed by atoms with Gasteiger partial charge in [0.1, 0.15) is 11.9 Å². The zero-order valence-corrected chi connectivity index (χ0v) is 8.62. The molecule has 1 aromatic rings. The number of carboxylic acid groups (broad SMARTS) is 1. The number of rotatable bonds is 1. The topological polar surface area (TPSA) is 69.6 Å². The molecule has 84 valence electrons. The molecule has 0 aromatic heterocycles. The summed E-state index contributed by atoms with van der Waals surface area (Å²) in [6, 6.07) is 2.32. The van der Waals surface area contributed by atoms with Crippen molar-refractivity contribution in [2.24, 2.45) is 0 Å². The molecule has 16 heavy (non-hydrogen) atoms. The zero-order valence-electron chi connectivity index (χ0n) is 7.87. The summed E-state index contributed by atoms with van der Waals surface area (Å²) in [5.74, 6) is -1.96. The molecule has 1 atom stereocenters. The van der Waals surface area contributed by atoms with Crippen molar-refractivity contribution in [2.45, 2.75) is 6.10 Å². The van der Waals surface area contributed by atoms with Gasteiger partial charge in [-0.2, -0.15) is 0 Å². The molecule has 1 aliphatic rings. The second-order valence-electron chi connectivity index (χ2n) is 3.31. The SMILES string of the molecule is O=C(O)C1=CNc2cc(Cl)c(F)cc2C1O. The number of nitrogens with one attached hydrogen (secondary N) is 1.